The van der Waals surface area contributed by atoms with Crippen molar-refractivity contribution < 1.29 is 27.1 Å². The van der Waals surface area contributed by atoms with Gasteiger partial charge in [-0.15, -0.1) is 0 Å². The molecule has 1 N–H and O–H groups in total. The summed E-state index contributed by atoms with van der Waals surface area (Å²) in [6.07, 6.45) is 1.56. The number of anilines is 1. The predicted molar refractivity (Wildman–Crippen MR) is 65.5 cm³/mol. The average molecular weight is 306 g/mol. The highest BCUT2D eigenvalue weighted by Crippen LogP contribution is 2.32. The Balaban J connectivity index is 2.23. The van der Waals surface area contributed by atoms with Gasteiger partial charge < -0.3 is 10.1 Å². The van der Waals surface area contributed by atoms with Crippen LogP contribution in [0, 0.1) is 29.4 Å². The second-order valence-electron chi connectivity index (χ2n) is 4.74. The maximum absolute atomic E-state index is 13.5. The largest absolute Gasteiger partial charge is 0.466 e. The summed E-state index contributed by atoms with van der Waals surface area (Å²) >= 11 is 0. The van der Waals surface area contributed by atoms with Gasteiger partial charge in [-0.25, -0.2) is 0 Å². The van der Waals surface area contributed by atoms with E-state index in [-0.39, 0.29) is 6.61 Å². The summed E-state index contributed by atoms with van der Waals surface area (Å²) in [4.78, 5) is 14.2. The number of aromatic nitrogens is 1. The molecule has 8 heteroatoms. The average Bonchev–Trinajstić information content (AvgIpc) is 2.90. The SMILES string of the molecule is CCOC(=O)C1CCCC1Nc1c(F)c(F)nc(F)c1F. The van der Waals surface area contributed by atoms with Crippen LogP contribution in [-0.4, -0.2) is 23.6 Å². The van der Waals surface area contributed by atoms with Gasteiger partial charge in [-0.3, -0.25) is 4.79 Å². The van der Waals surface area contributed by atoms with E-state index in [1.54, 1.807) is 6.92 Å². The summed E-state index contributed by atoms with van der Waals surface area (Å²) in [5.74, 6) is -7.79. The van der Waals surface area contributed by atoms with Crippen molar-refractivity contribution in [2.45, 2.75) is 32.2 Å². The molecule has 0 saturated heterocycles. The number of nitrogens with one attached hydrogen (secondary N) is 1. The lowest BCUT2D eigenvalue weighted by Gasteiger charge is -2.21. The van der Waals surface area contributed by atoms with Crippen LogP contribution in [0.25, 0.3) is 0 Å². The number of pyridine rings is 1. The van der Waals surface area contributed by atoms with Crippen molar-refractivity contribution in [1.29, 1.82) is 0 Å². The number of ether oxygens (including phenoxy) is 1. The third-order valence-corrected chi connectivity index (χ3v) is 3.43. The Morgan fingerprint density at radius 3 is 2.43 bits per heavy atom. The lowest BCUT2D eigenvalue weighted by atomic mass is 10.0. The molecule has 1 heterocycles. The number of carbonyl (C=O) groups excluding carboxylic acids is 1. The third-order valence-electron chi connectivity index (χ3n) is 3.43. The number of halogens is 4. The molecule has 0 radical (unpaired) electrons. The number of hydrogen-bond acceptors (Lipinski definition) is 4. The van der Waals surface area contributed by atoms with Crippen LogP contribution < -0.4 is 5.32 Å². The fraction of sp³-hybridized carbons (Fsp3) is 0.538. The van der Waals surface area contributed by atoms with E-state index in [1.165, 1.54) is 0 Å². The zero-order valence-corrected chi connectivity index (χ0v) is 11.3. The molecule has 1 saturated carbocycles. The molecule has 1 aliphatic rings. The van der Waals surface area contributed by atoms with Crippen LogP contribution in [0.5, 0.6) is 0 Å². The first-order valence-corrected chi connectivity index (χ1v) is 6.58. The van der Waals surface area contributed by atoms with Crippen molar-refractivity contribution >= 4 is 11.7 Å². The molecule has 0 amide bonds. The van der Waals surface area contributed by atoms with Gasteiger partial charge in [0.25, 0.3) is 11.9 Å². The van der Waals surface area contributed by atoms with Gasteiger partial charge in [0.1, 0.15) is 5.69 Å². The first-order chi connectivity index (χ1) is 9.95. The van der Waals surface area contributed by atoms with Crippen molar-refractivity contribution in [3.8, 4) is 0 Å². The Labute approximate surface area is 118 Å². The van der Waals surface area contributed by atoms with Crippen LogP contribution in [0.4, 0.5) is 23.2 Å². The highest BCUT2D eigenvalue weighted by atomic mass is 19.2. The van der Waals surface area contributed by atoms with Gasteiger partial charge >= 0.3 is 5.97 Å². The minimum absolute atomic E-state index is 0.184. The fourth-order valence-corrected chi connectivity index (χ4v) is 2.46. The molecule has 2 rings (SSSR count). The highest BCUT2D eigenvalue weighted by molar-refractivity contribution is 5.74. The van der Waals surface area contributed by atoms with Crippen molar-refractivity contribution in [1.82, 2.24) is 4.98 Å². The van der Waals surface area contributed by atoms with E-state index in [2.05, 4.69) is 10.3 Å². The molecule has 1 aromatic heterocycles. The molecule has 1 aromatic rings. The lowest BCUT2D eigenvalue weighted by molar-refractivity contribution is -0.148. The number of nitrogens with zero attached hydrogens (tertiary/aromatic N) is 1. The molecule has 116 valence electrons. The van der Waals surface area contributed by atoms with E-state index in [0.717, 1.165) is 0 Å². The van der Waals surface area contributed by atoms with Crippen LogP contribution in [0.1, 0.15) is 26.2 Å². The minimum atomic E-state index is -1.73. The van der Waals surface area contributed by atoms with Crippen LogP contribution in [0.15, 0.2) is 0 Å². The summed E-state index contributed by atoms with van der Waals surface area (Å²) in [5.41, 5.74) is -0.943. The molecule has 0 aliphatic heterocycles. The number of carbonyl (C=O) groups is 1. The van der Waals surface area contributed by atoms with Gasteiger partial charge in [0.05, 0.1) is 12.5 Å². The van der Waals surface area contributed by atoms with Crippen LogP contribution >= 0.6 is 0 Å². The van der Waals surface area contributed by atoms with Crippen LogP contribution in [0.2, 0.25) is 0 Å². The Bertz CT molecular complexity index is 527. The summed E-state index contributed by atoms with van der Waals surface area (Å²) in [5, 5.41) is 2.38. The number of esters is 1. The van der Waals surface area contributed by atoms with E-state index in [9.17, 15) is 22.4 Å². The van der Waals surface area contributed by atoms with Crippen molar-refractivity contribution in [2.24, 2.45) is 5.92 Å². The standard InChI is InChI=1S/C13H14F4N2O2/c1-2-21-13(20)6-4-3-5-7(6)18-10-8(14)11(16)19-12(17)9(10)15/h6-7H,2-5H2,1H3,(H,18,19). The van der Waals surface area contributed by atoms with E-state index < -0.39 is 47.1 Å². The quantitative estimate of drug-likeness (QED) is 0.528. The van der Waals surface area contributed by atoms with Gasteiger partial charge in [-0.05, 0) is 19.8 Å². The maximum Gasteiger partial charge on any atom is 0.311 e. The van der Waals surface area contributed by atoms with E-state index in [0.29, 0.717) is 19.3 Å². The highest BCUT2D eigenvalue weighted by Gasteiger charge is 2.35. The van der Waals surface area contributed by atoms with E-state index in [4.69, 9.17) is 4.74 Å². The summed E-state index contributed by atoms with van der Waals surface area (Å²) in [6.45, 7) is 1.82. The first-order valence-electron chi connectivity index (χ1n) is 6.58. The third kappa shape index (κ3) is 3.08. The van der Waals surface area contributed by atoms with Gasteiger partial charge in [0.2, 0.25) is 11.6 Å². The van der Waals surface area contributed by atoms with Gasteiger partial charge in [-0.1, -0.05) is 6.42 Å². The molecular weight excluding hydrogens is 292 g/mol. The predicted octanol–water partition coefficient (Wildman–Crippen LogP) is 2.78. The first kappa shape index (κ1) is 15.5. The normalized spacial score (nSPS) is 21.4. The summed E-state index contributed by atoms with van der Waals surface area (Å²) < 4.78 is 58.1. The topological polar surface area (TPSA) is 51.2 Å². The van der Waals surface area contributed by atoms with Gasteiger partial charge in [0.15, 0.2) is 0 Å². The molecule has 1 fully saturated rings. The zero-order chi connectivity index (χ0) is 15.6. The van der Waals surface area contributed by atoms with Crippen molar-refractivity contribution in [3.63, 3.8) is 0 Å². The molecule has 2 unspecified atom stereocenters. The van der Waals surface area contributed by atoms with Crippen LogP contribution in [-0.2, 0) is 9.53 Å². The Morgan fingerprint density at radius 2 is 1.86 bits per heavy atom. The molecule has 0 spiro atoms. The number of rotatable bonds is 4. The molecular formula is C13H14F4N2O2. The van der Waals surface area contributed by atoms with E-state index in [1.807, 2.05) is 0 Å². The Kier molecular flexibility index (Phi) is 4.64. The van der Waals surface area contributed by atoms with Gasteiger partial charge in [0, 0.05) is 6.04 Å². The Morgan fingerprint density at radius 1 is 1.24 bits per heavy atom. The van der Waals surface area contributed by atoms with E-state index >= 15 is 0 Å². The summed E-state index contributed by atoms with van der Waals surface area (Å²) in [6, 6.07) is -0.644. The fourth-order valence-electron chi connectivity index (χ4n) is 2.46. The zero-order valence-electron chi connectivity index (χ0n) is 11.3. The van der Waals surface area contributed by atoms with Crippen LogP contribution in [0.3, 0.4) is 0 Å². The second kappa shape index (κ2) is 6.28. The Hall–Kier alpha value is -1.86. The molecule has 1 aliphatic carbocycles. The smallest absolute Gasteiger partial charge is 0.311 e. The second-order valence-corrected chi connectivity index (χ2v) is 4.74. The maximum atomic E-state index is 13.5. The van der Waals surface area contributed by atoms with Crippen molar-refractivity contribution in [3.05, 3.63) is 23.5 Å². The molecule has 0 aromatic carbocycles. The summed E-state index contributed by atoms with van der Waals surface area (Å²) in [7, 11) is 0. The van der Waals surface area contributed by atoms with Crippen molar-refractivity contribution in [2.75, 3.05) is 11.9 Å². The molecule has 2 atom stereocenters. The minimum Gasteiger partial charge on any atom is -0.466 e. The van der Waals surface area contributed by atoms with Gasteiger partial charge in [-0.2, -0.15) is 22.5 Å². The molecule has 21 heavy (non-hydrogen) atoms. The lowest BCUT2D eigenvalue weighted by Crippen LogP contribution is -2.32. The number of hydrogen-bond donors (Lipinski definition) is 1. The molecule has 4 nitrogen and oxygen atoms in total. The molecule has 0 bridgehead atoms. The monoisotopic (exact) mass is 306 g/mol.